The Bertz CT molecular complexity index is 352. The molecule has 1 aliphatic rings. The Morgan fingerprint density at radius 2 is 2.07 bits per heavy atom. The fraction of sp³-hybridized carbons (Fsp3) is 0.875. The summed E-state index contributed by atoms with van der Waals surface area (Å²) < 4.78 is 32.3. The van der Waals surface area contributed by atoms with Gasteiger partial charge in [0.1, 0.15) is 11.6 Å². The number of sulfone groups is 1. The van der Waals surface area contributed by atoms with Crippen molar-refractivity contribution in [1.29, 1.82) is 0 Å². The predicted molar refractivity (Wildman–Crippen MR) is 53.0 cm³/mol. The van der Waals surface area contributed by atoms with Crippen LogP contribution in [0.5, 0.6) is 0 Å². The Hall–Kier alpha value is -0.660. The number of ether oxygens (including phenoxy) is 2. The number of hydrogen-bond acceptors (Lipinski definition) is 6. The molecule has 2 unspecified atom stereocenters. The zero-order valence-corrected chi connectivity index (χ0v) is 9.54. The van der Waals surface area contributed by atoms with Gasteiger partial charge in [0.15, 0.2) is 9.84 Å². The highest BCUT2D eigenvalue weighted by molar-refractivity contribution is 7.91. The monoisotopic (exact) mass is 237 g/mol. The van der Waals surface area contributed by atoms with Gasteiger partial charge in [0.2, 0.25) is 0 Å². The van der Waals surface area contributed by atoms with Crippen LogP contribution >= 0.6 is 0 Å². The molecule has 15 heavy (non-hydrogen) atoms. The van der Waals surface area contributed by atoms with Crippen LogP contribution in [0.3, 0.4) is 0 Å². The van der Waals surface area contributed by atoms with E-state index in [1.165, 1.54) is 14.2 Å². The Morgan fingerprint density at radius 1 is 1.47 bits per heavy atom. The SMILES string of the molecule is COC(=O)C(N)C1(OC)CCS(=O)(=O)C1. The lowest BCUT2D eigenvalue weighted by molar-refractivity contribution is -0.149. The molecule has 1 saturated heterocycles. The summed E-state index contributed by atoms with van der Waals surface area (Å²) in [7, 11) is -0.611. The average Bonchev–Trinajstić information content (AvgIpc) is 2.53. The van der Waals surface area contributed by atoms with Crippen molar-refractivity contribution in [1.82, 2.24) is 0 Å². The molecule has 2 atom stereocenters. The van der Waals surface area contributed by atoms with Crippen LogP contribution in [0, 0.1) is 0 Å². The van der Waals surface area contributed by atoms with Gasteiger partial charge in [-0.25, -0.2) is 8.42 Å². The lowest BCUT2D eigenvalue weighted by Gasteiger charge is -2.30. The van der Waals surface area contributed by atoms with Crippen molar-refractivity contribution in [3.63, 3.8) is 0 Å². The van der Waals surface area contributed by atoms with Crippen LogP contribution in [-0.2, 0) is 24.1 Å². The molecule has 0 aromatic carbocycles. The number of hydrogen-bond donors (Lipinski definition) is 1. The first kappa shape index (κ1) is 12.4. The zero-order valence-electron chi connectivity index (χ0n) is 8.73. The second-order valence-corrected chi connectivity index (χ2v) is 5.80. The quantitative estimate of drug-likeness (QED) is 0.612. The van der Waals surface area contributed by atoms with E-state index in [0.717, 1.165) is 0 Å². The van der Waals surface area contributed by atoms with Gasteiger partial charge < -0.3 is 15.2 Å². The maximum absolute atomic E-state index is 11.3. The number of methoxy groups -OCH3 is 2. The Labute approximate surface area is 88.6 Å². The molecule has 2 N–H and O–H groups in total. The number of carbonyl (C=O) groups excluding carboxylic acids is 1. The largest absolute Gasteiger partial charge is 0.468 e. The van der Waals surface area contributed by atoms with Gasteiger partial charge in [-0.05, 0) is 6.42 Å². The van der Waals surface area contributed by atoms with Crippen molar-refractivity contribution in [2.45, 2.75) is 18.1 Å². The molecule has 0 spiro atoms. The van der Waals surface area contributed by atoms with Crippen LogP contribution in [0.2, 0.25) is 0 Å². The van der Waals surface area contributed by atoms with Crippen molar-refractivity contribution in [3.8, 4) is 0 Å². The number of rotatable bonds is 3. The van der Waals surface area contributed by atoms with E-state index in [0.29, 0.717) is 0 Å². The van der Waals surface area contributed by atoms with Gasteiger partial charge in [0, 0.05) is 7.11 Å². The molecule has 0 saturated carbocycles. The van der Waals surface area contributed by atoms with E-state index in [4.69, 9.17) is 10.5 Å². The summed E-state index contributed by atoms with van der Waals surface area (Å²) >= 11 is 0. The summed E-state index contributed by atoms with van der Waals surface area (Å²) in [6.45, 7) is 0. The molecule has 1 aliphatic heterocycles. The molecule has 0 amide bonds. The summed E-state index contributed by atoms with van der Waals surface area (Å²) in [5, 5.41) is 0. The topological polar surface area (TPSA) is 95.7 Å². The first-order valence-corrected chi connectivity index (χ1v) is 6.28. The summed E-state index contributed by atoms with van der Waals surface area (Å²) in [6, 6.07) is -1.07. The Morgan fingerprint density at radius 3 is 2.40 bits per heavy atom. The minimum absolute atomic E-state index is 0.00840. The van der Waals surface area contributed by atoms with Crippen LogP contribution in [0.4, 0.5) is 0 Å². The van der Waals surface area contributed by atoms with Gasteiger partial charge in [0.25, 0.3) is 0 Å². The van der Waals surface area contributed by atoms with Gasteiger partial charge in [0.05, 0.1) is 18.6 Å². The minimum atomic E-state index is -3.17. The molecule has 0 bridgehead atoms. The number of nitrogens with two attached hydrogens (primary N) is 1. The summed E-state index contributed by atoms with van der Waals surface area (Å²) in [5.41, 5.74) is 4.50. The van der Waals surface area contributed by atoms with Crippen molar-refractivity contribution < 1.29 is 22.7 Å². The van der Waals surface area contributed by atoms with E-state index in [-0.39, 0.29) is 17.9 Å². The minimum Gasteiger partial charge on any atom is -0.468 e. The van der Waals surface area contributed by atoms with Crippen LogP contribution in [0.15, 0.2) is 0 Å². The standard InChI is InChI=1S/C8H15NO5S/c1-13-7(10)6(9)8(14-2)3-4-15(11,12)5-8/h6H,3-5,9H2,1-2H3. The predicted octanol–water partition coefficient (Wildman–Crippen LogP) is -1.31. The fourth-order valence-corrected chi connectivity index (χ4v) is 3.71. The molecule has 7 heteroatoms. The Kier molecular flexibility index (Phi) is 3.37. The molecule has 88 valence electrons. The summed E-state index contributed by atoms with van der Waals surface area (Å²) in [6.07, 6.45) is 0.224. The lowest BCUT2D eigenvalue weighted by Crippen LogP contribution is -2.55. The molecule has 1 fully saturated rings. The molecule has 0 aromatic heterocycles. The van der Waals surface area contributed by atoms with Crippen LogP contribution in [0.25, 0.3) is 0 Å². The van der Waals surface area contributed by atoms with Gasteiger partial charge in [-0.15, -0.1) is 0 Å². The van der Waals surface area contributed by atoms with Crippen molar-refractivity contribution >= 4 is 15.8 Å². The maximum atomic E-state index is 11.3. The van der Waals surface area contributed by atoms with Crippen LogP contribution < -0.4 is 5.73 Å². The van der Waals surface area contributed by atoms with Crippen LogP contribution in [-0.4, -0.2) is 51.8 Å². The fourth-order valence-electron chi connectivity index (χ4n) is 1.72. The molecule has 1 rings (SSSR count). The molecule has 6 nitrogen and oxygen atoms in total. The van der Waals surface area contributed by atoms with Gasteiger partial charge in [-0.2, -0.15) is 0 Å². The highest BCUT2D eigenvalue weighted by Gasteiger charge is 2.50. The highest BCUT2D eigenvalue weighted by Crippen LogP contribution is 2.29. The van der Waals surface area contributed by atoms with Crippen LogP contribution in [0.1, 0.15) is 6.42 Å². The maximum Gasteiger partial charge on any atom is 0.325 e. The molecule has 1 heterocycles. The zero-order chi connectivity index (χ0) is 11.7. The molecule has 0 aromatic rings. The van der Waals surface area contributed by atoms with Gasteiger partial charge >= 0.3 is 5.97 Å². The third-order valence-electron chi connectivity index (χ3n) is 2.73. The van der Waals surface area contributed by atoms with Gasteiger partial charge in [-0.1, -0.05) is 0 Å². The second-order valence-electron chi connectivity index (χ2n) is 3.61. The van der Waals surface area contributed by atoms with E-state index in [9.17, 15) is 13.2 Å². The average molecular weight is 237 g/mol. The van der Waals surface area contributed by atoms with E-state index in [2.05, 4.69) is 4.74 Å². The molecule has 0 radical (unpaired) electrons. The first-order chi connectivity index (χ1) is 6.87. The van der Waals surface area contributed by atoms with Crippen molar-refractivity contribution in [3.05, 3.63) is 0 Å². The summed E-state index contributed by atoms with van der Waals surface area (Å²) in [5.74, 6) is -0.896. The second kappa shape index (κ2) is 4.07. The third-order valence-corrected chi connectivity index (χ3v) is 4.48. The van der Waals surface area contributed by atoms with Crippen molar-refractivity contribution in [2.24, 2.45) is 5.73 Å². The molecular weight excluding hydrogens is 222 g/mol. The molecule has 0 aliphatic carbocycles. The van der Waals surface area contributed by atoms with E-state index < -0.39 is 27.4 Å². The third kappa shape index (κ3) is 2.30. The first-order valence-electron chi connectivity index (χ1n) is 4.46. The summed E-state index contributed by atoms with van der Waals surface area (Å²) in [4.78, 5) is 11.3. The van der Waals surface area contributed by atoms with E-state index >= 15 is 0 Å². The Balaban J connectivity index is 2.93. The smallest absolute Gasteiger partial charge is 0.325 e. The number of carbonyl (C=O) groups is 1. The molecular formula is C8H15NO5S. The van der Waals surface area contributed by atoms with Gasteiger partial charge in [-0.3, -0.25) is 4.79 Å². The van der Waals surface area contributed by atoms with E-state index in [1.54, 1.807) is 0 Å². The van der Waals surface area contributed by atoms with E-state index in [1.807, 2.05) is 0 Å². The lowest BCUT2D eigenvalue weighted by atomic mass is 9.94. The van der Waals surface area contributed by atoms with Crippen molar-refractivity contribution in [2.75, 3.05) is 25.7 Å². The highest BCUT2D eigenvalue weighted by atomic mass is 32.2. The normalized spacial score (nSPS) is 31.1. The number of esters is 1.